The number of nitrogens with one attached hydrogen (secondary N) is 2. The summed E-state index contributed by atoms with van der Waals surface area (Å²) in [4.78, 5) is 15.1. The third-order valence-electron chi connectivity index (χ3n) is 2.09. The van der Waals surface area contributed by atoms with Gasteiger partial charge in [-0.2, -0.15) is 0 Å². The van der Waals surface area contributed by atoms with Crippen LogP contribution < -0.4 is 16.5 Å². The molecule has 0 spiro atoms. The van der Waals surface area contributed by atoms with Gasteiger partial charge in [-0.1, -0.05) is 0 Å². The molecule has 4 N–H and O–H groups in total. The van der Waals surface area contributed by atoms with E-state index in [9.17, 15) is 4.79 Å². The fraction of sp³-hybridized carbons (Fsp3) is 0.875. The second kappa shape index (κ2) is 5.90. The van der Waals surface area contributed by atoms with Crippen LogP contribution in [0.25, 0.3) is 0 Å². The summed E-state index contributed by atoms with van der Waals surface area (Å²) in [5.74, 6) is 0.149. The highest BCUT2D eigenvalue weighted by molar-refractivity contribution is 5.74. The third-order valence-corrected chi connectivity index (χ3v) is 2.09. The molecule has 0 radical (unpaired) electrons. The zero-order chi connectivity index (χ0) is 9.52. The molecule has 0 saturated carbocycles. The molecule has 1 rings (SSSR count). The molecule has 1 amide bonds. The van der Waals surface area contributed by atoms with Crippen LogP contribution >= 0.6 is 0 Å². The van der Waals surface area contributed by atoms with Gasteiger partial charge >= 0.3 is 0 Å². The van der Waals surface area contributed by atoms with Gasteiger partial charge in [0.15, 0.2) is 0 Å². The molecule has 1 unspecified atom stereocenters. The smallest absolute Gasteiger partial charge is 0.245 e. The minimum Gasteiger partial charge on any atom is -0.368 e. The van der Waals surface area contributed by atoms with Crippen molar-refractivity contribution < 1.29 is 9.63 Å². The Hall–Kier alpha value is -0.650. The van der Waals surface area contributed by atoms with Gasteiger partial charge in [-0.05, 0) is 31.8 Å². The van der Waals surface area contributed by atoms with Crippen LogP contribution in [0.2, 0.25) is 0 Å². The molecule has 5 heteroatoms. The summed E-state index contributed by atoms with van der Waals surface area (Å²) in [5, 5.41) is 3.30. The van der Waals surface area contributed by atoms with Crippen LogP contribution in [0.15, 0.2) is 0 Å². The van der Waals surface area contributed by atoms with Gasteiger partial charge in [-0.25, -0.2) is 5.48 Å². The van der Waals surface area contributed by atoms with Crippen LogP contribution in [-0.2, 0) is 9.63 Å². The topological polar surface area (TPSA) is 76.4 Å². The first kappa shape index (κ1) is 10.4. The molecular formula is C8H17N3O2. The summed E-state index contributed by atoms with van der Waals surface area (Å²) in [6.07, 6.45) is 2.42. The first-order chi connectivity index (χ1) is 6.29. The van der Waals surface area contributed by atoms with E-state index in [-0.39, 0.29) is 6.61 Å². The Bertz CT molecular complexity index is 157. The first-order valence-corrected chi connectivity index (χ1v) is 4.62. The van der Waals surface area contributed by atoms with Crippen LogP contribution in [0, 0.1) is 5.92 Å². The van der Waals surface area contributed by atoms with Crippen LogP contribution in [0.3, 0.4) is 0 Å². The Morgan fingerprint density at radius 2 is 2.54 bits per heavy atom. The van der Waals surface area contributed by atoms with E-state index >= 15 is 0 Å². The highest BCUT2D eigenvalue weighted by Crippen LogP contribution is 2.07. The Morgan fingerprint density at radius 1 is 1.69 bits per heavy atom. The molecule has 1 aliphatic heterocycles. The lowest BCUT2D eigenvalue weighted by atomic mass is 10.0. The Labute approximate surface area is 78.0 Å². The van der Waals surface area contributed by atoms with Gasteiger partial charge in [-0.3, -0.25) is 9.63 Å². The zero-order valence-electron chi connectivity index (χ0n) is 7.71. The van der Waals surface area contributed by atoms with Crippen molar-refractivity contribution >= 4 is 5.91 Å². The maximum atomic E-state index is 10.3. The predicted octanol–water partition coefficient (Wildman–Crippen LogP) is -1.01. The molecule has 13 heavy (non-hydrogen) atoms. The summed E-state index contributed by atoms with van der Waals surface area (Å²) in [6.45, 7) is 2.85. The Kier molecular flexibility index (Phi) is 4.74. The number of amides is 1. The van der Waals surface area contributed by atoms with Crippen molar-refractivity contribution in [1.29, 1.82) is 0 Å². The number of hydroxylamine groups is 1. The van der Waals surface area contributed by atoms with Crippen molar-refractivity contribution in [2.75, 3.05) is 26.2 Å². The summed E-state index contributed by atoms with van der Waals surface area (Å²) >= 11 is 0. The predicted molar refractivity (Wildman–Crippen MR) is 48.7 cm³/mol. The van der Waals surface area contributed by atoms with Crippen molar-refractivity contribution in [3.63, 3.8) is 0 Å². The van der Waals surface area contributed by atoms with E-state index in [1.54, 1.807) is 0 Å². The van der Waals surface area contributed by atoms with Gasteiger partial charge < -0.3 is 11.1 Å². The molecule has 0 aliphatic carbocycles. The van der Waals surface area contributed by atoms with Gasteiger partial charge in [-0.15, -0.1) is 0 Å². The zero-order valence-corrected chi connectivity index (χ0v) is 7.71. The van der Waals surface area contributed by atoms with Gasteiger partial charge in [0.05, 0.1) is 0 Å². The summed E-state index contributed by atoms with van der Waals surface area (Å²) in [7, 11) is 0. The number of carbonyl (C=O) groups is 1. The molecule has 0 bridgehead atoms. The normalized spacial score (nSPS) is 22.9. The molecule has 1 atom stereocenters. The highest BCUT2D eigenvalue weighted by Gasteiger charge is 2.12. The molecule has 1 aliphatic rings. The maximum Gasteiger partial charge on any atom is 0.245 e. The molecule has 76 valence electrons. The molecular weight excluding hydrogens is 170 g/mol. The lowest BCUT2D eigenvalue weighted by molar-refractivity contribution is -0.125. The monoisotopic (exact) mass is 187 g/mol. The van der Waals surface area contributed by atoms with E-state index in [0.717, 1.165) is 19.6 Å². The second-order valence-electron chi connectivity index (χ2n) is 3.32. The number of hydrogen-bond donors (Lipinski definition) is 3. The fourth-order valence-electron chi connectivity index (χ4n) is 1.40. The largest absolute Gasteiger partial charge is 0.368 e. The minimum atomic E-state index is -0.450. The molecule has 5 nitrogen and oxygen atoms in total. The molecule has 0 aromatic heterocycles. The van der Waals surface area contributed by atoms with Crippen LogP contribution in [0.5, 0.6) is 0 Å². The average molecular weight is 187 g/mol. The van der Waals surface area contributed by atoms with E-state index in [1.807, 2.05) is 0 Å². The molecule has 1 fully saturated rings. The van der Waals surface area contributed by atoms with Crippen LogP contribution in [0.4, 0.5) is 0 Å². The lowest BCUT2D eigenvalue weighted by Crippen LogP contribution is -2.37. The SMILES string of the molecule is NC(=O)CONCC1CCCNC1. The van der Waals surface area contributed by atoms with Crippen molar-refractivity contribution in [1.82, 2.24) is 10.8 Å². The van der Waals surface area contributed by atoms with E-state index in [2.05, 4.69) is 10.8 Å². The number of carbonyl (C=O) groups excluding carboxylic acids is 1. The second-order valence-corrected chi connectivity index (χ2v) is 3.32. The van der Waals surface area contributed by atoms with Crippen molar-refractivity contribution in [2.24, 2.45) is 11.7 Å². The van der Waals surface area contributed by atoms with Crippen molar-refractivity contribution in [2.45, 2.75) is 12.8 Å². The Morgan fingerprint density at radius 3 is 3.15 bits per heavy atom. The molecule has 1 saturated heterocycles. The van der Waals surface area contributed by atoms with E-state index in [4.69, 9.17) is 10.6 Å². The maximum absolute atomic E-state index is 10.3. The fourth-order valence-corrected chi connectivity index (χ4v) is 1.40. The number of rotatable bonds is 5. The van der Waals surface area contributed by atoms with Gasteiger partial charge in [0.2, 0.25) is 5.91 Å². The van der Waals surface area contributed by atoms with E-state index < -0.39 is 5.91 Å². The van der Waals surface area contributed by atoms with Gasteiger partial charge in [0.25, 0.3) is 0 Å². The summed E-state index contributed by atoms with van der Waals surface area (Å²) in [6, 6.07) is 0. The van der Waals surface area contributed by atoms with E-state index in [1.165, 1.54) is 12.8 Å². The quantitative estimate of drug-likeness (QED) is 0.381. The first-order valence-electron chi connectivity index (χ1n) is 4.62. The molecule has 1 heterocycles. The van der Waals surface area contributed by atoms with Gasteiger partial charge in [0.1, 0.15) is 6.61 Å². The lowest BCUT2D eigenvalue weighted by Gasteiger charge is -2.22. The number of primary amides is 1. The minimum absolute atomic E-state index is 0.0554. The molecule has 0 aromatic carbocycles. The third kappa shape index (κ3) is 4.82. The van der Waals surface area contributed by atoms with E-state index in [0.29, 0.717) is 5.92 Å². The average Bonchev–Trinajstić information content (AvgIpc) is 2.14. The number of piperidine rings is 1. The van der Waals surface area contributed by atoms with Gasteiger partial charge in [0, 0.05) is 6.54 Å². The van der Waals surface area contributed by atoms with Crippen LogP contribution in [-0.4, -0.2) is 32.1 Å². The van der Waals surface area contributed by atoms with Crippen molar-refractivity contribution in [3.8, 4) is 0 Å². The molecule has 0 aromatic rings. The van der Waals surface area contributed by atoms with Crippen molar-refractivity contribution in [3.05, 3.63) is 0 Å². The standard InChI is InChI=1S/C8H17N3O2/c9-8(12)6-13-11-5-7-2-1-3-10-4-7/h7,10-11H,1-6H2,(H2,9,12). The summed E-state index contributed by atoms with van der Waals surface area (Å²) < 4.78 is 0. The highest BCUT2D eigenvalue weighted by atomic mass is 16.6. The summed E-state index contributed by atoms with van der Waals surface area (Å²) in [5.41, 5.74) is 7.64. The Balaban J connectivity index is 1.95. The number of nitrogens with two attached hydrogens (primary N) is 1. The van der Waals surface area contributed by atoms with Crippen LogP contribution in [0.1, 0.15) is 12.8 Å². The number of hydrogen-bond acceptors (Lipinski definition) is 4.